The lowest BCUT2D eigenvalue weighted by molar-refractivity contribution is -0.122. The number of carbonyl (C=O) groups excluding carboxylic acids is 2. The maximum atomic E-state index is 13.9. The van der Waals surface area contributed by atoms with E-state index < -0.39 is 16.2 Å². The number of aryl methyl sites for hydroxylation is 2. The van der Waals surface area contributed by atoms with Crippen LogP contribution < -0.4 is 4.90 Å². The molecule has 30 heavy (non-hydrogen) atoms. The van der Waals surface area contributed by atoms with Crippen molar-refractivity contribution in [3.8, 4) is 0 Å². The predicted molar refractivity (Wildman–Crippen MR) is 120 cm³/mol. The second-order valence-electron chi connectivity index (χ2n) is 8.67. The fraction of sp³-hybridized carbons (Fsp3) is 0.231. The third kappa shape index (κ3) is 2.00. The molecule has 0 spiro atoms. The first-order valence-electron chi connectivity index (χ1n) is 10.3. The monoisotopic (exact) mass is 457 g/mol. The molecule has 4 heteroatoms. The van der Waals surface area contributed by atoms with Crippen LogP contribution in [0.15, 0.2) is 66.7 Å². The number of rotatable bonds is 1. The zero-order valence-corrected chi connectivity index (χ0v) is 18.3. The maximum absolute atomic E-state index is 13.9. The topological polar surface area (TPSA) is 37.4 Å². The van der Waals surface area contributed by atoms with E-state index in [2.05, 4.69) is 40.2 Å². The van der Waals surface area contributed by atoms with Gasteiger partial charge in [0.25, 0.3) is 0 Å². The van der Waals surface area contributed by atoms with Crippen LogP contribution >= 0.6 is 15.9 Å². The van der Waals surface area contributed by atoms with Crippen LogP contribution in [0.3, 0.4) is 0 Å². The predicted octanol–water partition coefficient (Wildman–Crippen LogP) is 5.21. The van der Waals surface area contributed by atoms with E-state index in [1.807, 2.05) is 56.3 Å². The highest BCUT2D eigenvalue weighted by Crippen LogP contribution is 2.66. The van der Waals surface area contributed by atoms with Gasteiger partial charge in [0.15, 0.2) is 0 Å². The third-order valence-electron chi connectivity index (χ3n) is 7.12. The Morgan fingerprint density at radius 1 is 0.833 bits per heavy atom. The van der Waals surface area contributed by atoms with Crippen LogP contribution in [0.4, 0.5) is 5.69 Å². The molecular formula is C26H20BrNO2. The SMILES string of the molecule is Cc1ccc(C)c(N2C(=O)[C@@H]3[C@@H](C2=O)C2c4ccccc4C3(Br)c3ccccc32)c1. The highest BCUT2D eigenvalue weighted by Gasteiger charge is 2.67. The Labute approximate surface area is 183 Å². The lowest BCUT2D eigenvalue weighted by Crippen LogP contribution is -2.50. The summed E-state index contributed by atoms with van der Waals surface area (Å²) in [7, 11) is 0. The molecule has 0 N–H and O–H groups in total. The first kappa shape index (κ1) is 18.1. The molecule has 3 aromatic rings. The summed E-state index contributed by atoms with van der Waals surface area (Å²) >= 11 is 4.04. The third-order valence-corrected chi connectivity index (χ3v) is 8.47. The fourth-order valence-electron chi connectivity index (χ4n) is 5.88. The summed E-state index contributed by atoms with van der Waals surface area (Å²) in [6, 6.07) is 22.4. The van der Waals surface area contributed by atoms with Crippen molar-refractivity contribution in [2.24, 2.45) is 11.8 Å². The molecule has 2 atom stereocenters. The van der Waals surface area contributed by atoms with Crippen molar-refractivity contribution in [1.82, 2.24) is 0 Å². The summed E-state index contributed by atoms with van der Waals surface area (Å²) in [6.07, 6.45) is 0. The van der Waals surface area contributed by atoms with Crippen molar-refractivity contribution >= 4 is 33.4 Å². The van der Waals surface area contributed by atoms with Gasteiger partial charge in [-0.1, -0.05) is 76.6 Å². The average molecular weight is 458 g/mol. The molecule has 1 saturated heterocycles. The molecule has 7 rings (SSSR count). The van der Waals surface area contributed by atoms with Gasteiger partial charge < -0.3 is 0 Å². The normalized spacial score (nSPS) is 28.4. The Bertz CT molecular complexity index is 1220. The minimum atomic E-state index is -0.696. The Morgan fingerprint density at radius 2 is 1.43 bits per heavy atom. The lowest BCUT2D eigenvalue weighted by Gasteiger charge is -2.51. The molecule has 0 unspecified atom stereocenters. The van der Waals surface area contributed by atoms with E-state index >= 15 is 0 Å². The number of alkyl halides is 1. The van der Waals surface area contributed by atoms with Gasteiger partial charge in [-0.2, -0.15) is 0 Å². The highest BCUT2D eigenvalue weighted by molar-refractivity contribution is 9.09. The number of nitrogens with zero attached hydrogens (tertiary/aromatic N) is 1. The summed E-state index contributed by atoms with van der Waals surface area (Å²) in [5, 5.41) is 0. The molecule has 2 amide bonds. The lowest BCUT2D eigenvalue weighted by atomic mass is 9.55. The minimum Gasteiger partial charge on any atom is -0.274 e. The Hall–Kier alpha value is -2.72. The van der Waals surface area contributed by atoms with Gasteiger partial charge in [-0.25, -0.2) is 4.90 Å². The number of amides is 2. The molecule has 3 nitrogen and oxygen atoms in total. The molecule has 0 saturated carbocycles. The summed E-state index contributed by atoms with van der Waals surface area (Å²) < 4.78 is -0.696. The van der Waals surface area contributed by atoms with E-state index in [0.717, 1.165) is 33.4 Å². The van der Waals surface area contributed by atoms with E-state index in [1.54, 1.807) is 0 Å². The smallest absolute Gasteiger partial charge is 0.239 e. The number of hydrogen-bond acceptors (Lipinski definition) is 2. The summed E-state index contributed by atoms with van der Waals surface area (Å²) in [5.74, 6) is -1.16. The summed E-state index contributed by atoms with van der Waals surface area (Å²) in [6.45, 7) is 3.95. The molecule has 1 fully saturated rings. The fourth-order valence-corrected chi connectivity index (χ4v) is 7.08. The number of benzene rings is 3. The molecule has 0 aromatic heterocycles. The van der Waals surface area contributed by atoms with Crippen molar-refractivity contribution in [3.05, 3.63) is 100 Å². The number of anilines is 1. The zero-order valence-electron chi connectivity index (χ0n) is 16.7. The number of halogens is 1. The zero-order chi connectivity index (χ0) is 20.8. The number of hydrogen-bond donors (Lipinski definition) is 0. The van der Waals surface area contributed by atoms with Crippen molar-refractivity contribution in [3.63, 3.8) is 0 Å². The van der Waals surface area contributed by atoms with Crippen LogP contribution in [0.25, 0.3) is 0 Å². The molecule has 3 aliphatic carbocycles. The van der Waals surface area contributed by atoms with E-state index in [4.69, 9.17) is 0 Å². The van der Waals surface area contributed by atoms with Gasteiger partial charge >= 0.3 is 0 Å². The molecule has 3 aromatic carbocycles. The van der Waals surface area contributed by atoms with E-state index in [-0.39, 0.29) is 17.7 Å². The summed E-state index contributed by atoms with van der Waals surface area (Å²) in [4.78, 5) is 29.2. The van der Waals surface area contributed by atoms with Crippen LogP contribution in [-0.2, 0) is 13.9 Å². The van der Waals surface area contributed by atoms with Crippen LogP contribution in [0.1, 0.15) is 39.3 Å². The number of carbonyl (C=O) groups is 2. The van der Waals surface area contributed by atoms with Crippen LogP contribution in [0, 0.1) is 25.7 Å². The van der Waals surface area contributed by atoms with Crippen LogP contribution in [0.5, 0.6) is 0 Å². The summed E-state index contributed by atoms with van der Waals surface area (Å²) in [5.41, 5.74) is 7.21. The highest BCUT2D eigenvalue weighted by atomic mass is 79.9. The van der Waals surface area contributed by atoms with Gasteiger partial charge in [0, 0.05) is 5.92 Å². The largest absolute Gasteiger partial charge is 0.274 e. The first-order chi connectivity index (χ1) is 14.4. The van der Waals surface area contributed by atoms with Crippen LogP contribution in [-0.4, -0.2) is 11.8 Å². The van der Waals surface area contributed by atoms with Crippen molar-refractivity contribution in [2.75, 3.05) is 4.90 Å². The van der Waals surface area contributed by atoms with E-state index in [0.29, 0.717) is 5.69 Å². The average Bonchev–Trinajstić information content (AvgIpc) is 3.02. The molecule has 4 aliphatic rings. The van der Waals surface area contributed by atoms with Gasteiger partial charge in [-0.3, -0.25) is 9.59 Å². The molecular weight excluding hydrogens is 438 g/mol. The van der Waals surface area contributed by atoms with Gasteiger partial charge in [0.2, 0.25) is 11.8 Å². The first-order valence-corrected chi connectivity index (χ1v) is 11.1. The second kappa shape index (κ2) is 5.92. The number of imide groups is 1. The van der Waals surface area contributed by atoms with Crippen molar-refractivity contribution < 1.29 is 9.59 Å². The maximum Gasteiger partial charge on any atom is 0.239 e. The van der Waals surface area contributed by atoms with Gasteiger partial charge in [0.1, 0.15) is 0 Å². The standard InChI is InChI=1S/C26H20BrNO2/c1-14-11-12-15(2)20(13-14)28-24(29)22-21-16-7-3-5-9-18(16)26(27,23(22)25(28)30)19-10-6-4-8-17(19)21/h3-13,21-23H,1-2H3/t21?,22-,23-,26?/m0/s1. The molecule has 2 bridgehead atoms. The van der Waals surface area contributed by atoms with Gasteiger partial charge in [-0.15, -0.1) is 0 Å². The van der Waals surface area contributed by atoms with Gasteiger partial charge in [-0.05, 0) is 53.3 Å². The van der Waals surface area contributed by atoms with Gasteiger partial charge in [0.05, 0.1) is 21.8 Å². The Balaban J connectivity index is 1.63. The van der Waals surface area contributed by atoms with Crippen LogP contribution in [0.2, 0.25) is 0 Å². The molecule has 148 valence electrons. The Morgan fingerprint density at radius 3 is 2.07 bits per heavy atom. The van der Waals surface area contributed by atoms with E-state index in [1.165, 1.54) is 4.90 Å². The molecule has 0 radical (unpaired) electrons. The quantitative estimate of drug-likeness (QED) is 0.371. The van der Waals surface area contributed by atoms with Crippen molar-refractivity contribution in [2.45, 2.75) is 24.1 Å². The molecule has 1 heterocycles. The minimum absolute atomic E-state index is 0.0865. The Kier molecular flexibility index (Phi) is 3.57. The van der Waals surface area contributed by atoms with Crippen molar-refractivity contribution in [1.29, 1.82) is 0 Å². The second-order valence-corrected chi connectivity index (χ2v) is 9.92. The molecule has 1 aliphatic heterocycles. The van der Waals surface area contributed by atoms with E-state index in [9.17, 15) is 9.59 Å².